The van der Waals surface area contributed by atoms with E-state index in [-0.39, 0.29) is 11.5 Å². The molecule has 0 aliphatic heterocycles. The minimum Gasteiger partial charge on any atom is -0.458 e. The van der Waals surface area contributed by atoms with E-state index in [2.05, 4.69) is 15.6 Å². The minimum absolute atomic E-state index is 0.144. The van der Waals surface area contributed by atoms with Crippen molar-refractivity contribution in [2.24, 2.45) is 0 Å². The summed E-state index contributed by atoms with van der Waals surface area (Å²) >= 11 is 1.24. The highest BCUT2D eigenvalue weighted by Crippen LogP contribution is 2.27. The van der Waals surface area contributed by atoms with Gasteiger partial charge in [-0.2, -0.15) is 0 Å². The van der Waals surface area contributed by atoms with Crippen LogP contribution in [-0.4, -0.2) is 16.8 Å². The molecule has 0 radical (unpaired) electrons. The summed E-state index contributed by atoms with van der Waals surface area (Å²) < 4.78 is 19.2. The van der Waals surface area contributed by atoms with Crippen LogP contribution in [0.1, 0.15) is 28.6 Å². The van der Waals surface area contributed by atoms with E-state index in [1.807, 2.05) is 0 Å². The summed E-state index contributed by atoms with van der Waals surface area (Å²) in [5.41, 5.74) is 1.26. The van der Waals surface area contributed by atoms with E-state index >= 15 is 0 Å². The lowest BCUT2D eigenvalue weighted by molar-refractivity contribution is -0.119. The standard InChI is InChI=1S/C18H16FN3O3S/c1-10-3-4-12(7-14(10)19)17(24)22-18-21-15(9-26-18)16-6-5-13(25-16)8-20-11(2)23/h3-7,9H,8H2,1-2H3,(H,20,23)(H,21,22,24). The van der Waals surface area contributed by atoms with Gasteiger partial charge >= 0.3 is 0 Å². The first kappa shape index (κ1) is 17.8. The van der Waals surface area contributed by atoms with Gasteiger partial charge in [0.25, 0.3) is 5.91 Å². The zero-order valence-electron chi connectivity index (χ0n) is 14.1. The third kappa shape index (κ3) is 4.15. The summed E-state index contributed by atoms with van der Waals surface area (Å²) in [6, 6.07) is 7.80. The van der Waals surface area contributed by atoms with Crippen molar-refractivity contribution in [3.8, 4) is 11.5 Å². The monoisotopic (exact) mass is 373 g/mol. The molecule has 0 aliphatic carbocycles. The summed E-state index contributed by atoms with van der Waals surface area (Å²) in [5, 5.41) is 7.41. The predicted octanol–water partition coefficient (Wildman–Crippen LogP) is 3.74. The van der Waals surface area contributed by atoms with Gasteiger partial charge in [0, 0.05) is 17.9 Å². The highest BCUT2D eigenvalue weighted by Gasteiger charge is 2.13. The fourth-order valence-electron chi connectivity index (χ4n) is 2.17. The van der Waals surface area contributed by atoms with Crippen LogP contribution >= 0.6 is 11.3 Å². The number of carbonyl (C=O) groups is 2. The van der Waals surface area contributed by atoms with Gasteiger partial charge < -0.3 is 9.73 Å². The molecule has 134 valence electrons. The Morgan fingerprint density at radius 3 is 2.81 bits per heavy atom. The number of aryl methyl sites for hydroxylation is 1. The van der Waals surface area contributed by atoms with E-state index in [9.17, 15) is 14.0 Å². The molecule has 0 spiro atoms. The van der Waals surface area contributed by atoms with Crippen molar-refractivity contribution in [2.75, 3.05) is 5.32 Å². The van der Waals surface area contributed by atoms with E-state index in [0.29, 0.717) is 34.5 Å². The average molecular weight is 373 g/mol. The highest BCUT2D eigenvalue weighted by molar-refractivity contribution is 7.14. The topological polar surface area (TPSA) is 84.2 Å². The summed E-state index contributed by atoms with van der Waals surface area (Å²) in [7, 11) is 0. The molecule has 0 bridgehead atoms. The van der Waals surface area contributed by atoms with Crippen LogP contribution in [0.3, 0.4) is 0 Å². The number of nitrogens with zero attached hydrogens (tertiary/aromatic N) is 1. The van der Waals surface area contributed by atoms with Gasteiger partial charge in [0.15, 0.2) is 10.9 Å². The number of thiazole rings is 1. The Labute approximate surface area is 153 Å². The van der Waals surface area contributed by atoms with Crippen molar-refractivity contribution in [3.05, 3.63) is 58.4 Å². The zero-order chi connectivity index (χ0) is 18.7. The van der Waals surface area contributed by atoms with E-state index in [4.69, 9.17) is 4.42 Å². The van der Waals surface area contributed by atoms with Crippen LogP contribution < -0.4 is 10.6 Å². The number of anilines is 1. The van der Waals surface area contributed by atoms with E-state index in [1.54, 1.807) is 36.6 Å². The lowest BCUT2D eigenvalue weighted by Crippen LogP contribution is -2.18. The van der Waals surface area contributed by atoms with Crippen LogP contribution in [-0.2, 0) is 11.3 Å². The summed E-state index contributed by atoms with van der Waals surface area (Å²) in [5.74, 6) is 0.122. The van der Waals surface area contributed by atoms with E-state index in [0.717, 1.165) is 0 Å². The molecule has 2 N–H and O–H groups in total. The molecule has 0 unspecified atom stereocenters. The quantitative estimate of drug-likeness (QED) is 0.714. The van der Waals surface area contributed by atoms with Crippen molar-refractivity contribution in [2.45, 2.75) is 20.4 Å². The molecule has 2 heterocycles. The second-order valence-electron chi connectivity index (χ2n) is 5.63. The number of aromatic nitrogens is 1. The van der Waals surface area contributed by atoms with Crippen LogP contribution in [0.25, 0.3) is 11.5 Å². The van der Waals surface area contributed by atoms with Crippen molar-refractivity contribution in [1.82, 2.24) is 10.3 Å². The molecule has 2 amide bonds. The number of nitrogens with one attached hydrogen (secondary N) is 2. The van der Waals surface area contributed by atoms with Gasteiger partial charge in [-0.15, -0.1) is 11.3 Å². The van der Waals surface area contributed by atoms with Gasteiger partial charge in [-0.1, -0.05) is 6.07 Å². The largest absolute Gasteiger partial charge is 0.458 e. The maximum atomic E-state index is 13.6. The number of hydrogen-bond acceptors (Lipinski definition) is 5. The van der Waals surface area contributed by atoms with Crippen LogP contribution in [0.5, 0.6) is 0 Å². The second kappa shape index (κ2) is 7.49. The molecule has 8 heteroatoms. The molecule has 0 atom stereocenters. The Balaban J connectivity index is 1.68. The fourth-order valence-corrected chi connectivity index (χ4v) is 2.86. The smallest absolute Gasteiger partial charge is 0.257 e. The second-order valence-corrected chi connectivity index (χ2v) is 6.49. The number of halogens is 1. The summed E-state index contributed by atoms with van der Waals surface area (Å²) in [6.07, 6.45) is 0. The molecule has 0 fully saturated rings. The van der Waals surface area contributed by atoms with Crippen LogP contribution in [0.15, 0.2) is 40.1 Å². The van der Waals surface area contributed by atoms with E-state index in [1.165, 1.54) is 24.3 Å². The molecular weight excluding hydrogens is 357 g/mol. The lowest BCUT2D eigenvalue weighted by Gasteiger charge is -2.03. The zero-order valence-corrected chi connectivity index (χ0v) is 14.9. The Morgan fingerprint density at radius 2 is 2.08 bits per heavy atom. The predicted molar refractivity (Wildman–Crippen MR) is 96.4 cm³/mol. The number of rotatable bonds is 5. The molecule has 0 saturated carbocycles. The van der Waals surface area contributed by atoms with Gasteiger partial charge in [-0.3, -0.25) is 14.9 Å². The highest BCUT2D eigenvalue weighted by atomic mass is 32.1. The first-order valence-electron chi connectivity index (χ1n) is 7.79. The summed E-state index contributed by atoms with van der Waals surface area (Å²) in [6.45, 7) is 3.36. The number of carbonyl (C=O) groups excluding carboxylic acids is 2. The molecule has 3 rings (SSSR count). The average Bonchev–Trinajstić information content (AvgIpc) is 3.24. The number of hydrogen-bond donors (Lipinski definition) is 2. The maximum absolute atomic E-state index is 13.6. The Kier molecular flexibility index (Phi) is 5.13. The fraction of sp³-hybridized carbons (Fsp3) is 0.167. The number of benzene rings is 1. The molecule has 1 aromatic carbocycles. The molecule has 0 aliphatic rings. The third-order valence-corrected chi connectivity index (χ3v) is 4.34. The van der Waals surface area contributed by atoms with Crippen molar-refractivity contribution in [3.63, 3.8) is 0 Å². The Morgan fingerprint density at radius 1 is 1.27 bits per heavy atom. The molecule has 6 nitrogen and oxygen atoms in total. The minimum atomic E-state index is -0.435. The Bertz CT molecular complexity index is 964. The van der Waals surface area contributed by atoms with Crippen molar-refractivity contribution >= 4 is 28.3 Å². The van der Waals surface area contributed by atoms with Crippen molar-refractivity contribution in [1.29, 1.82) is 0 Å². The summed E-state index contributed by atoms with van der Waals surface area (Å²) in [4.78, 5) is 27.4. The third-order valence-electron chi connectivity index (χ3n) is 3.58. The van der Waals surface area contributed by atoms with Gasteiger partial charge in [0.05, 0.1) is 6.54 Å². The van der Waals surface area contributed by atoms with Gasteiger partial charge in [-0.25, -0.2) is 9.37 Å². The van der Waals surface area contributed by atoms with E-state index < -0.39 is 11.7 Å². The molecule has 0 saturated heterocycles. The number of furan rings is 1. The van der Waals surface area contributed by atoms with Gasteiger partial charge in [0.2, 0.25) is 5.91 Å². The van der Waals surface area contributed by atoms with Gasteiger partial charge in [0.1, 0.15) is 17.3 Å². The van der Waals surface area contributed by atoms with Crippen LogP contribution in [0.2, 0.25) is 0 Å². The SMILES string of the molecule is CC(=O)NCc1ccc(-c2csc(NC(=O)c3ccc(C)c(F)c3)n2)o1. The first-order valence-corrected chi connectivity index (χ1v) is 8.67. The molecule has 26 heavy (non-hydrogen) atoms. The normalized spacial score (nSPS) is 10.6. The lowest BCUT2D eigenvalue weighted by atomic mass is 10.1. The maximum Gasteiger partial charge on any atom is 0.257 e. The molecule has 2 aromatic heterocycles. The van der Waals surface area contributed by atoms with Crippen molar-refractivity contribution < 1.29 is 18.4 Å². The molecular formula is C18H16FN3O3S. The van der Waals surface area contributed by atoms with Crippen LogP contribution in [0.4, 0.5) is 9.52 Å². The number of amides is 2. The first-order chi connectivity index (χ1) is 12.4. The molecule has 3 aromatic rings. The Hall–Kier alpha value is -3.00. The van der Waals surface area contributed by atoms with Gasteiger partial charge in [-0.05, 0) is 36.8 Å². The van der Waals surface area contributed by atoms with Crippen LogP contribution in [0, 0.1) is 12.7 Å².